The van der Waals surface area contributed by atoms with Crippen molar-refractivity contribution in [2.45, 2.75) is 44.9 Å². The van der Waals surface area contributed by atoms with Gasteiger partial charge in [-0.15, -0.1) is 0 Å². The summed E-state index contributed by atoms with van der Waals surface area (Å²) >= 11 is 0. The van der Waals surface area contributed by atoms with Crippen LogP contribution in [0.1, 0.15) is 49.2 Å². The van der Waals surface area contributed by atoms with Gasteiger partial charge in [-0.25, -0.2) is 9.97 Å². The average Bonchev–Trinajstić information content (AvgIpc) is 2.78. The smallest absolute Gasteiger partial charge is 0.179 e. The van der Waals surface area contributed by atoms with Crippen LogP contribution in [-0.2, 0) is 12.8 Å². The number of nitrogens with one attached hydrogen (secondary N) is 1. The Hall–Kier alpha value is -1.71. The van der Waals surface area contributed by atoms with Crippen LogP contribution in [0.15, 0.2) is 12.7 Å². The molecular formula is C16H22N4. The molecule has 4 nitrogen and oxygen atoms in total. The van der Waals surface area contributed by atoms with E-state index >= 15 is 0 Å². The van der Waals surface area contributed by atoms with Crippen molar-refractivity contribution < 1.29 is 0 Å². The minimum atomic E-state index is 0.329. The minimum Gasteiger partial charge on any atom is -0.356 e. The zero-order valence-electron chi connectivity index (χ0n) is 12.0. The predicted octanol–water partition coefficient (Wildman–Crippen LogP) is 2.90. The molecule has 1 aromatic rings. The average molecular weight is 270 g/mol. The van der Waals surface area contributed by atoms with Crippen LogP contribution in [0.25, 0.3) is 0 Å². The topological polar surface area (TPSA) is 52.9 Å². The van der Waals surface area contributed by atoms with Gasteiger partial charge in [-0.1, -0.05) is 19.4 Å². The molecule has 0 radical (unpaired) electrons. The fourth-order valence-electron chi connectivity index (χ4n) is 3.17. The molecule has 4 heteroatoms. The van der Waals surface area contributed by atoms with Crippen LogP contribution in [0.3, 0.4) is 0 Å². The third-order valence-corrected chi connectivity index (χ3v) is 4.26. The van der Waals surface area contributed by atoms with Crippen LogP contribution in [0.4, 0.5) is 5.82 Å². The standard InChI is InChI=1S/C16H22N4/c1-2-13(17)15-18-14-9-7-8-12(14)16(19-15)20-10-5-3-4-6-11-20/h2,17H,1,3-11H2. The maximum atomic E-state index is 7.93. The number of fused-ring (bicyclic) bond motifs is 1. The van der Waals surface area contributed by atoms with Crippen molar-refractivity contribution >= 4 is 11.5 Å². The summed E-state index contributed by atoms with van der Waals surface area (Å²) < 4.78 is 0. The molecule has 1 aliphatic heterocycles. The number of aryl methyl sites for hydroxylation is 1. The molecule has 1 aliphatic carbocycles. The molecule has 3 rings (SSSR count). The first kappa shape index (κ1) is 13.3. The molecule has 0 unspecified atom stereocenters. The van der Waals surface area contributed by atoms with Crippen molar-refractivity contribution in [1.82, 2.24) is 9.97 Å². The molecule has 1 aromatic heterocycles. The third kappa shape index (κ3) is 2.47. The van der Waals surface area contributed by atoms with Crippen LogP contribution in [0.5, 0.6) is 0 Å². The zero-order chi connectivity index (χ0) is 13.9. The van der Waals surface area contributed by atoms with E-state index in [1.807, 2.05) is 0 Å². The zero-order valence-corrected chi connectivity index (χ0v) is 12.0. The maximum Gasteiger partial charge on any atom is 0.179 e. The van der Waals surface area contributed by atoms with Crippen molar-refractivity contribution in [3.63, 3.8) is 0 Å². The number of hydrogen-bond acceptors (Lipinski definition) is 4. The van der Waals surface area contributed by atoms with Gasteiger partial charge < -0.3 is 4.90 Å². The van der Waals surface area contributed by atoms with Crippen molar-refractivity contribution in [3.8, 4) is 0 Å². The minimum absolute atomic E-state index is 0.329. The molecular weight excluding hydrogens is 248 g/mol. The molecule has 106 valence electrons. The Bertz CT molecular complexity index is 528. The van der Waals surface area contributed by atoms with E-state index in [0.717, 1.165) is 43.9 Å². The second kappa shape index (κ2) is 5.73. The van der Waals surface area contributed by atoms with Crippen molar-refractivity contribution in [1.29, 1.82) is 5.41 Å². The van der Waals surface area contributed by atoms with E-state index in [1.54, 1.807) is 0 Å². The first-order valence-electron chi connectivity index (χ1n) is 7.65. The quantitative estimate of drug-likeness (QED) is 0.859. The highest BCUT2D eigenvalue weighted by Gasteiger charge is 2.24. The fraction of sp³-hybridized carbons (Fsp3) is 0.562. The van der Waals surface area contributed by atoms with E-state index in [0.29, 0.717) is 11.5 Å². The van der Waals surface area contributed by atoms with E-state index in [-0.39, 0.29) is 0 Å². The molecule has 0 saturated carbocycles. The second-order valence-electron chi connectivity index (χ2n) is 5.67. The predicted molar refractivity (Wildman–Crippen MR) is 81.8 cm³/mol. The lowest BCUT2D eigenvalue weighted by atomic mass is 10.2. The van der Waals surface area contributed by atoms with E-state index in [1.165, 1.54) is 37.3 Å². The Labute approximate surface area is 120 Å². The Morgan fingerprint density at radius 3 is 2.50 bits per heavy atom. The molecule has 1 fully saturated rings. The molecule has 2 heterocycles. The second-order valence-corrected chi connectivity index (χ2v) is 5.67. The van der Waals surface area contributed by atoms with E-state index in [2.05, 4.69) is 16.5 Å². The van der Waals surface area contributed by atoms with E-state index in [9.17, 15) is 0 Å². The molecule has 0 amide bonds. The molecule has 0 aromatic carbocycles. The first-order valence-corrected chi connectivity index (χ1v) is 7.65. The summed E-state index contributed by atoms with van der Waals surface area (Å²) in [6.45, 7) is 5.84. The lowest BCUT2D eigenvalue weighted by molar-refractivity contribution is 0.726. The highest BCUT2D eigenvalue weighted by Crippen LogP contribution is 2.30. The van der Waals surface area contributed by atoms with Crippen LogP contribution >= 0.6 is 0 Å². The number of allylic oxidation sites excluding steroid dienone is 1. The van der Waals surface area contributed by atoms with Gasteiger partial charge in [0.05, 0.1) is 5.71 Å². The van der Waals surface area contributed by atoms with E-state index in [4.69, 9.17) is 10.4 Å². The molecule has 1 saturated heterocycles. The summed E-state index contributed by atoms with van der Waals surface area (Å²) in [5.41, 5.74) is 2.81. The highest BCUT2D eigenvalue weighted by atomic mass is 15.2. The summed E-state index contributed by atoms with van der Waals surface area (Å²) in [7, 11) is 0. The summed E-state index contributed by atoms with van der Waals surface area (Å²) in [5.74, 6) is 1.64. The van der Waals surface area contributed by atoms with Gasteiger partial charge in [-0.05, 0) is 38.2 Å². The van der Waals surface area contributed by atoms with Gasteiger partial charge in [0.25, 0.3) is 0 Å². The highest BCUT2D eigenvalue weighted by molar-refractivity contribution is 6.03. The molecule has 0 bridgehead atoms. The lowest BCUT2D eigenvalue weighted by Crippen LogP contribution is -2.27. The third-order valence-electron chi connectivity index (χ3n) is 4.26. The van der Waals surface area contributed by atoms with Crippen LogP contribution in [-0.4, -0.2) is 28.8 Å². The Morgan fingerprint density at radius 1 is 1.05 bits per heavy atom. The Balaban J connectivity index is 2.01. The number of anilines is 1. The van der Waals surface area contributed by atoms with E-state index < -0.39 is 0 Å². The van der Waals surface area contributed by atoms with Crippen molar-refractivity contribution in [3.05, 3.63) is 29.7 Å². The van der Waals surface area contributed by atoms with Gasteiger partial charge in [0, 0.05) is 24.3 Å². The molecule has 20 heavy (non-hydrogen) atoms. The number of nitrogens with zero attached hydrogens (tertiary/aromatic N) is 3. The van der Waals surface area contributed by atoms with Gasteiger partial charge in [-0.2, -0.15) is 0 Å². The monoisotopic (exact) mass is 270 g/mol. The molecule has 1 N–H and O–H groups in total. The Kier molecular flexibility index (Phi) is 3.81. The van der Waals surface area contributed by atoms with Crippen molar-refractivity contribution in [2.75, 3.05) is 18.0 Å². The van der Waals surface area contributed by atoms with Crippen molar-refractivity contribution in [2.24, 2.45) is 0 Å². The summed E-state index contributed by atoms with van der Waals surface area (Å²) in [4.78, 5) is 11.7. The molecule has 0 spiro atoms. The SMILES string of the molecule is C=CC(=N)c1nc2c(c(N3CCCCCC3)n1)CCC2. The largest absolute Gasteiger partial charge is 0.356 e. The van der Waals surface area contributed by atoms with Gasteiger partial charge >= 0.3 is 0 Å². The first-order chi connectivity index (χ1) is 9.79. The summed E-state index contributed by atoms with van der Waals surface area (Å²) in [6.07, 6.45) is 9.93. The summed E-state index contributed by atoms with van der Waals surface area (Å²) in [5, 5.41) is 7.93. The van der Waals surface area contributed by atoms with Gasteiger partial charge in [0.2, 0.25) is 0 Å². The fourth-order valence-corrected chi connectivity index (χ4v) is 3.17. The number of hydrogen-bond donors (Lipinski definition) is 1. The number of rotatable bonds is 3. The van der Waals surface area contributed by atoms with Crippen LogP contribution in [0.2, 0.25) is 0 Å². The Morgan fingerprint density at radius 2 is 1.80 bits per heavy atom. The van der Waals surface area contributed by atoms with Gasteiger partial charge in [0.15, 0.2) is 5.82 Å². The van der Waals surface area contributed by atoms with Gasteiger partial charge in [-0.3, -0.25) is 5.41 Å². The van der Waals surface area contributed by atoms with Crippen LogP contribution < -0.4 is 4.90 Å². The molecule has 2 aliphatic rings. The maximum absolute atomic E-state index is 7.93. The molecule has 0 atom stereocenters. The number of aromatic nitrogens is 2. The summed E-state index contributed by atoms with van der Waals surface area (Å²) in [6, 6.07) is 0. The van der Waals surface area contributed by atoms with Gasteiger partial charge in [0.1, 0.15) is 5.82 Å². The normalized spacial score (nSPS) is 18.5. The van der Waals surface area contributed by atoms with Crippen LogP contribution in [0, 0.1) is 5.41 Å². The lowest BCUT2D eigenvalue weighted by Gasteiger charge is -2.24.